The molecule has 1 saturated heterocycles. The van der Waals surface area contributed by atoms with Crippen LogP contribution in [-0.4, -0.2) is 28.4 Å². The van der Waals surface area contributed by atoms with Crippen LogP contribution in [0.5, 0.6) is 11.5 Å². The monoisotopic (exact) mass is 365 g/mol. The normalized spacial score (nSPS) is 20.9. The van der Waals surface area contributed by atoms with Crippen molar-refractivity contribution in [2.45, 2.75) is 25.0 Å². The molecule has 0 spiro atoms. The number of rotatable bonds is 4. The lowest BCUT2D eigenvalue weighted by Gasteiger charge is -2.11. The summed E-state index contributed by atoms with van der Waals surface area (Å²) in [7, 11) is 0. The predicted molar refractivity (Wildman–Crippen MR) is 97.0 cm³/mol. The van der Waals surface area contributed by atoms with Crippen molar-refractivity contribution in [1.29, 1.82) is 0 Å². The Kier molecular flexibility index (Phi) is 3.92. The maximum atomic E-state index is 12.6. The summed E-state index contributed by atoms with van der Waals surface area (Å²) < 4.78 is 12.6. The van der Waals surface area contributed by atoms with Gasteiger partial charge in [0.25, 0.3) is 0 Å². The van der Waals surface area contributed by atoms with Gasteiger partial charge < -0.3 is 14.8 Å². The number of nitrogens with one attached hydrogen (secondary N) is 3. The van der Waals surface area contributed by atoms with Crippen LogP contribution in [0.25, 0.3) is 5.52 Å². The minimum absolute atomic E-state index is 0.0345. The van der Waals surface area contributed by atoms with Gasteiger partial charge in [0.2, 0.25) is 12.7 Å². The minimum Gasteiger partial charge on any atom is -0.454 e. The van der Waals surface area contributed by atoms with Crippen LogP contribution in [0, 0.1) is 0 Å². The Labute approximate surface area is 155 Å². The van der Waals surface area contributed by atoms with E-state index in [1.807, 2.05) is 42.6 Å². The van der Waals surface area contributed by atoms with Crippen molar-refractivity contribution in [2.75, 3.05) is 6.79 Å². The number of hydrogen-bond acceptors (Lipinski definition) is 6. The van der Waals surface area contributed by atoms with Crippen molar-refractivity contribution in [3.05, 3.63) is 59.9 Å². The molecule has 1 amide bonds. The van der Waals surface area contributed by atoms with Gasteiger partial charge in [-0.25, -0.2) is 15.4 Å². The van der Waals surface area contributed by atoms with Crippen LogP contribution in [-0.2, 0) is 11.3 Å². The number of amides is 1. The molecule has 1 fully saturated rings. The van der Waals surface area contributed by atoms with Crippen molar-refractivity contribution < 1.29 is 14.3 Å². The summed E-state index contributed by atoms with van der Waals surface area (Å²) in [5.41, 5.74) is 9.32. The first kappa shape index (κ1) is 16.1. The van der Waals surface area contributed by atoms with Crippen LogP contribution in [0.3, 0.4) is 0 Å². The zero-order valence-electron chi connectivity index (χ0n) is 14.5. The molecule has 0 aliphatic carbocycles. The van der Waals surface area contributed by atoms with E-state index in [0.29, 0.717) is 13.0 Å². The predicted octanol–water partition coefficient (Wildman–Crippen LogP) is 1.29. The number of benzene rings is 1. The Morgan fingerprint density at radius 1 is 1.22 bits per heavy atom. The number of fused-ring (bicyclic) bond motifs is 2. The molecular weight excluding hydrogens is 346 g/mol. The third kappa shape index (κ3) is 2.98. The Hall–Kier alpha value is -3.10. The lowest BCUT2D eigenvalue weighted by atomic mass is 10.0. The van der Waals surface area contributed by atoms with E-state index in [2.05, 4.69) is 21.3 Å². The van der Waals surface area contributed by atoms with Gasteiger partial charge in [0.05, 0.1) is 11.7 Å². The standard InChI is InChI=1S/C19H19N5O3/c25-19(20-9-13-10-21-24-6-2-1-3-16(13)24)15-8-14(22-23-15)12-4-5-17-18(7-12)27-11-26-17/h1-7,10,14-15,22-23H,8-9,11H2,(H,20,25). The molecule has 138 valence electrons. The molecule has 2 atom stereocenters. The van der Waals surface area contributed by atoms with Gasteiger partial charge in [0, 0.05) is 24.3 Å². The van der Waals surface area contributed by atoms with Crippen molar-refractivity contribution >= 4 is 11.4 Å². The van der Waals surface area contributed by atoms with E-state index < -0.39 is 0 Å². The lowest BCUT2D eigenvalue weighted by Crippen LogP contribution is -2.42. The molecule has 2 aromatic heterocycles. The highest BCUT2D eigenvalue weighted by molar-refractivity contribution is 5.82. The molecular formula is C19H19N5O3. The van der Waals surface area contributed by atoms with Crippen LogP contribution < -0.4 is 25.6 Å². The highest BCUT2D eigenvalue weighted by atomic mass is 16.7. The van der Waals surface area contributed by atoms with Gasteiger partial charge in [0.15, 0.2) is 11.5 Å². The molecule has 3 aromatic rings. The number of aromatic nitrogens is 2. The molecule has 1 aromatic carbocycles. The number of carbonyl (C=O) groups is 1. The SMILES string of the molecule is O=C(NCc1cnn2ccccc12)C1CC(c2ccc3c(c2)OCO3)NN1. The summed E-state index contributed by atoms with van der Waals surface area (Å²) in [4.78, 5) is 12.6. The summed E-state index contributed by atoms with van der Waals surface area (Å²) in [5.74, 6) is 1.46. The van der Waals surface area contributed by atoms with Crippen LogP contribution in [0.2, 0.25) is 0 Å². The number of pyridine rings is 1. The van der Waals surface area contributed by atoms with Gasteiger partial charge in [0.1, 0.15) is 6.04 Å². The van der Waals surface area contributed by atoms with Gasteiger partial charge in [-0.1, -0.05) is 12.1 Å². The Balaban J connectivity index is 1.22. The third-order valence-corrected chi connectivity index (χ3v) is 4.98. The summed E-state index contributed by atoms with van der Waals surface area (Å²) in [5, 5.41) is 7.28. The van der Waals surface area contributed by atoms with Crippen molar-refractivity contribution in [3.8, 4) is 11.5 Å². The number of hydrazine groups is 1. The van der Waals surface area contributed by atoms with E-state index in [9.17, 15) is 4.79 Å². The molecule has 0 radical (unpaired) electrons. The van der Waals surface area contributed by atoms with Crippen molar-refractivity contribution in [1.82, 2.24) is 25.8 Å². The van der Waals surface area contributed by atoms with Gasteiger partial charge in [-0.15, -0.1) is 0 Å². The number of hydrogen-bond donors (Lipinski definition) is 3. The van der Waals surface area contributed by atoms with E-state index in [1.54, 1.807) is 10.7 Å². The maximum Gasteiger partial charge on any atom is 0.238 e. The smallest absolute Gasteiger partial charge is 0.238 e. The first-order chi connectivity index (χ1) is 13.3. The van der Waals surface area contributed by atoms with Crippen LogP contribution >= 0.6 is 0 Å². The highest BCUT2D eigenvalue weighted by Crippen LogP contribution is 2.35. The second-order valence-corrected chi connectivity index (χ2v) is 6.66. The van der Waals surface area contributed by atoms with Crippen LogP contribution in [0.15, 0.2) is 48.8 Å². The summed E-state index contributed by atoms with van der Waals surface area (Å²) in [6, 6.07) is 11.5. The second kappa shape index (κ2) is 6.57. The van der Waals surface area contributed by atoms with E-state index >= 15 is 0 Å². The average Bonchev–Trinajstić information content (AvgIpc) is 3.44. The topological polar surface area (TPSA) is 88.9 Å². The molecule has 2 aliphatic rings. The van der Waals surface area contributed by atoms with Crippen molar-refractivity contribution in [3.63, 3.8) is 0 Å². The molecule has 5 rings (SSSR count). The summed E-state index contributed by atoms with van der Waals surface area (Å²) >= 11 is 0. The molecule has 8 heteroatoms. The van der Waals surface area contributed by atoms with Gasteiger partial charge in [-0.3, -0.25) is 4.79 Å². The second-order valence-electron chi connectivity index (χ2n) is 6.66. The zero-order valence-corrected chi connectivity index (χ0v) is 14.5. The maximum absolute atomic E-state index is 12.6. The molecule has 4 heterocycles. The lowest BCUT2D eigenvalue weighted by molar-refractivity contribution is -0.123. The van der Waals surface area contributed by atoms with E-state index in [4.69, 9.17) is 9.47 Å². The summed E-state index contributed by atoms with van der Waals surface area (Å²) in [6.07, 6.45) is 4.32. The molecule has 0 saturated carbocycles. The molecule has 2 aliphatic heterocycles. The number of nitrogens with zero attached hydrogens (tertiary/aromatic N) is 2. The molecule has 2 unspecified atom stereocenters. The number of carbonyl (C=O) groups excluding carboxylic acids is 1. The molecule has 0 bridgehead atoms. The first-order valence-electron chi connectivity index (χ1n) is 8.87. The molecule has 27 heavy (non-hydrogen) atoms. The Morgan fingerprint density at radius 3 is 3.11 bits per heavy atom. The van der Waals surface area contributed by atoms with E-state index in [1.165, 1.54) is 0 Å². The minimum atomic E-state index is -0.303. The Morgan fingerprint density at radius 2 is 2.15 bits per heavy atom. The third-order valence-electron chi connectivity index (χ3n) is 4.98. The fourth-order valence-corrected chi connectivity index (χ4v) is 3.51. The van der Waals surface area contributed by atoms with Gasteiger partial charge in [-0.05, 0) is 36.2 Å². The fourth-order valence-electron chi connectivity index (χ4n) is 3.51. The van der Waals surface area contributed by atoms with Crippen molar-refractivity contribution in [2.24, 2.45) is 0 Å². The molecule has 3 N–H and O–H groups in total. The fraction of sp³-hybridized carbons (Fsp3) is 0.263. The zero-order chi connectivity index (χ0) is 18.2. The summed E-state index contributed by atoms with van der Waals surface area (Å²) in [6.45, 7) is 0.697. The Bertz CT molecular complexity index is 1000. The van der Waals surface area contributed by atoms with E-state index in [-0.39, 0.29) is 24.8 Å². The largest absolute Gasteiger partial charge is 0.454 e. The molecule has 8 nitrogen and oxygen atoms in total. The van der Waals surface area contributed by atoms with Gasteiger partial charge in [-0.2, -0.15) is 5.10 Å². The quantitative estimate of drug-likeness (QED) is 0.646. The first-order valence-corrected chi connectivity index (χ1v) is 8.87. The van der Waals surface area contributed by atoms with Crippen LogP contribution in [0.1, 0.15) is 23.6 Å². The van der Waals surface area contributed by atoms with E-state index in [0.717, 1.165) is 28.1 Å². The highest BCUT2D eigenvalue weighted by Gasteiger charge is 2.31. The van der Waals surface area contributed by atoms with Gasteiger partial charge >= 0.3 is 0 Å². The number of ether oxygens (including phenoxy) is 2. The average molecular weight is 365 g/mol. The van der Waals surface area contributed by atoms with Crippen LogP contribution in [0.4, 0.5) is 0 Å².